The Bertz CT molecular complexity index is 1030. The van der Waals surface area contributed by atoms with Crippen molar-refractivity contribution in [2.24, 2.45) is 0 Å². The highest BCUT2D eigenvalue weighted by Gasteiger charge is 2.20. The molecule has 0 aliphatic heterocycles. The Labute approximate surface area is 171 Å². The number of amides is 2. The van der Waals surface area contributed by atoms with Crippen molar-refractivity contribution in [1.82, 2.24) is 5.32 Å². The van der Waals surface area contributed by atoms with Crippen LogP contribution in [0.4, 0.5) is 5.69 Å². The average Bonchev–Trinajstić information content (AvgIpc) is 2.96. The Hall–Kier alpha value is -2.54. The maximum Gasteiger partial charge on any atom is 0.258 e. The Kier molecular flexibility index (Phi) is 6.24. The minimum atomic E-state index is -0.459. The number of anilines is 1. The normalized spacial score (nSPS) is 10.9. The van der Waals surface area contributed by atoms with E-state index >= 15 is 0 Å². The third kappa shape index (κ3) is 4.14. The van der Waals surface area contributed by atoms with Crippen LogP contribution >= 0.6 is 23.2 Å². The zero-order valence-electron chi connectivity index (χ0n) is 15.0. The van der Waals surface area contributed by atoms with Crippen LogP contribution in [-0.2, 0) is 11.2 Å². The Balaban J connectivity index is 1.92. The van der Waals surface area contributed by atoms with Crippen molar-refractivity contribution < 1.29 is 19.1 Å². The van der Waals surface area contributed by atoms with E-state index in [0.717, 1.165) is 10.9 Å². The van der Waals surface area contributed by atoms with Crippen LogP contribution in [0.15, 0.2) is 40.8 Å². The molecule has 0 fully saturated rings. The van der Waals surface area contributed by atoms with Crippen LogP contribution in [0.3, 0.4) is 0 Å². The van der Waals surface area contributed by atoms with Gasteiger partial charge < -0.3 is 20.2 Å². The number of para-hydroxylation sites is 1. The lowest BCUT2D eigenvalue weighted by atomic mass is 10.1. The molecule has 2 amide bonds. The van der Waals surface area contributed by atoms with Crippen LogP contribution in [0, 0.1) is 6.92 Å². The summed E-state index contributed by atoms with van der Waals surface area (Å²) in [7, 11) is 0. The van der Waals surface area contributed by atoms with E-state index in [1.54, 1.807) is 37.3 Å². The number of rotatable bonds is 6. The van der Waals surface area contributed by atoms with Crippen molar-refractivity contribution in [1.29, 1.82) is 0 Å². The van der Waals surface area contributed by atoms with Crippen LogP contribution in [0.1, 0.15) is 21.7 Å². The molecule has 0 aliphatic carbocycles. The van der Waals surface area contributed by atoms with Crippen molar-refractivity contribution >= 4 is 51.7 Å². The molecule has 3 rings (SSSR count). The fourth-order valence-corrected chi connectivity index (χ4v) is 3.49. The van der Waals surface area contributed by atoms with Gasteiger partial charge in [0.15, 0.2) is 5.58 Å². The number of fused-ring (bicyclic) bond motifs is 1. The summed E-state index contributed by atoms with van der Waals surface area (Å²) in [4.78, 5) is 24.7. The van der Waals surface area contributed by atoms with E-state index in [1.165, 1.54) is 0 Å². The van der Waals surface area contributed by atoms with E-state index in [0.29, 0.717) is 17.0 Å². The molecule has 0 bridgehead atoms. The molecule has 1 aromatic heterocycles. The molecular weight excluding hydrogens is 403 g/mol. The quantitative estimate of drug-likeness (QED) is 0.562. The van der Waals surface area contributed by atoms with Gasteiger partial charge in [0.1, 0.15) is 5.76 Å². The zero-order chi connectivity index (χ0) is 20.3. The largest absolute Gasteiger partial charge is 0.459 e. The van der Waals surface area contributed by atoms with Gasteiger partial charge in [-0.1, -0.05) is 41.4 Å². The summed E-state index contributed by atoms with van der Waals surface area (Å²) in [6, 6.07) is 10.1. The van der Waals surface area contributed by atoms with Gasteiger partial charge in [0.25, 0.3) is 5.91 Å². The predicted molar refractivity (Wildman–Crippen MR) is 109 cm³/mol. The number of benzene rings is 2. The summed E-state index contributed by atoms with van der Waals surface area (Å²) in [5.41, 5.74) is 1.80. The summed E-state index contributed by atoms with van der Waals surface area (Å²) in [6.45, 7) is 1.82. The first kappa shape index (κ1) is 20.2. The fourth-order valence-electron chi connectivity index (χ4n) is 2.93. The van der Waals surface area contributed by atoms with Gasteiger partial charge in [-0.25, -0.2) is 0 Å². The Morgan fingerprint density at radius 2 is 1.79 bits per heavy atom. The molecule has 3 aromatic rings. The van der Waals surface area contributed by atoms with Crippen LogP contribution in [0.25, 0.3) is 11.0 Å². The first-order valence-corrected chi connectivity index (χ1v) is 9.32. The number of aliphatic hydroxyl groups is 1. The minimum Gasteiger partial charge on any atom is -0.459 e. The molecule has 8 heteroatoms. The van der Waals surface area contributed by atoms with Crippen LogP contribution in [0.2, 0.25) is 10.0 Å². The SMILES string of the molecule is Cc1oc2c(NC(=O)c3c(Cl)cccc3Cl)cccc2c1CC(=O)NCCO. The molecule has 0 unspecified atom stereocenters. The molecule has 0 saturated carbocycles. The maximum absolute atomic E-state index is 12.7. The zero-order valence-corrected chi connectivity index (χ0v) is 16.5. The average molecular weight is 421 g/mol. The lowest BCUT2D eigenvalue weighted by Crippen LogP contribution is -2.27. The van der Waals surface area contributed by atoms with Gasteiger partial charge in [0, 0.05) is 17.5 Å². The van der Waals surface area contributed by atoms with E-state index < -0.39 is 5.91 Å². The number of nitrogens with one attached hydrogen (secondary N) is 2. The number of hydrogen-bond acceptors (Lipinski definition) is 4. The van der Waals surface area contributed by atoms with Crippen molar-refractivity contribution in [2.45, 2.75) is 13.3 Å². The highest BCUT2D eigenvalue weighted by Crippen LogP contribution is 2.33. The second-order valence-electron chi connectivity index (χ2n) is 6.12. The van der Waals surface area contributed by atoms with Gasteiger partial charge in [0.05, 0.1) is 34.3 Å². The van der Waals surface area contributed by atoms with Gasteiger partial charge >= 0.3 is 0 Å². The minimum absolute atomic E-state index is 0.104. The number of furan rings is 1. The molecule has 3 N–H and O–H groups in total. The highest BCUT2D eigenvalue weighted by molar-refractivity contribution is 6.40. The third-order valence-corrected chi connectivity index (χ3v) is 4.86. The second-order valence-corrected chi connectivity index (χ2v) is 6.93. The smallest absolute Gasteiger partial charge is 0.258 e. The molecule has 28 heavy (non-hydrogen) atoms. The third-order valence-electron chi connectivity index (χ3n) is 4.23. The summed E-state index contributed by atoms with van der Waals surface area (Å²) in [5, 5.41) is 15.4. The van der Waals surface area contributed by atoms with E-state index in [2.05, 4.69) is 10.6 Å². The molecule has 146 valence electrons. The lowest BCUT2D eigenvalue weighted by molar-refractivity contribution is -0.120. The summed E-state index contributed by atoms with van der Waals surface area (Å²) in [5.74, 6) is -0.108. The molecule has 6 nitrogen and oxygen atoms in total. The number of carbonyl (C=O) groups is 2. The van der Waals surface area contributed by atoms with E-state index in [9.17, 15) is 9.59 Å². The van der Waals surface area contributed by atoms with Crippen molar-refractivity contribution in [3.8, 4) is 0 Å². The first-order chi connectivity index (χ1) is 13.4. The molecule has 0 atom stereocenters. The van der Waals surface area contributed by atoms with Gasteiger partial charge in [-0.3, -0.25) is 9.59 Å². The van der Waals surface area contributed by atoms with Crippen LogP contribution in [0.5, 0.6) is 0 Å². The Morgan fingerprint density at radius 1 is 1.11 bits per heavy atom. The lowest BCUT2D eigenvalue weighted by Gasteiger charge is -2.09. The van der Waals surface area contributed by atoms with Crippen molar-refractivity contribution in [3.05, 3.63) is 63.3 Å². The van der Waals surface area contributed by atoms with E-state index in [4.69, 9.17) is 32.7 Å². The van der Waals surface area contributed by atoms with Crippen LogP contribution < -0.4 is 10.6 Å². The number of halogens is 2. The van der Waals surface area contributed by atoms with Crippen LogP contribution in [-0.4, -0.2) is 30.1 Å². The second kappa shape index (κ2) is 8.65. The molecular formula is C20H18Cl2N2O4. The maximum atomic E-state index is 12.7. The summed E-state index contributed by atoms with van der Waals surface area (Å²) in [6.07, 6.45) is 0.104. The first-order valence-electron chi connectivity index (χ1n) is 8.56. The van der Waals surface area contributed by atoms with Crippen molar-refractivity contribution in [3.63, 3.8) is 0 Å². The standard InChI is InChI=1S/C20H18Cl2N2O4/c1-11-13(10-17(26)23-8-9-25)12-4-2-7-16(19(12)28-11)24-20(27)18-14(21)5-3-6-15(18)22/h2-7,25H,8-10H2,1H3,(H,23,26)(H,24,27). The number of aliphatic hydroxyl groups excluding tert-OH is 1. The van der Waals surface area contributed by atoms with Gasteiger partial charge in [0.2, 0.25) is 5.91 Å². The molecule has 1 heterocycles. The molecule has 0 spiro atoms. The number of aryl methyl sites for hydroxylation is 1. The molecule has 2 aromatic carbocycles. The predicted octanol–water partition coefficient (Wildman–Crippen LogP) is 3.95. The summed E-state index contributed by atoms with van der Waals surface area (Å²) < 4.78 is 5.82. The fraction of sp³-hybridized carbons (Fsp3) is 0.200. The van der Waals surface area contributed by atoms with E-state index in [1.807, 2.05) is 6.07 Å². The molecule has 0 aliphatic rings. The van der Waals surface area contributed by atoms with E-state index in [-0.39, 0.29) is 41.1 Å². The van der Waals surface area contributed by atoms with Gasteiger partial charge in [-0.15, -0.1) is 0 Å². The van der Waals surface area contributed by atoms with Gasteiger partial charge in [-0.2, -0.15) is 0 Å². The topological polar surface area (TPSA) is 91.6 Å². The summed E-state index contributed by atoms with van der Waals surface area (Å²) >= 11 is 12.2. The van der Waals surface area contributed by atoms with Crippen molar-refractivity contribution in [2.75, 3.05) is 18.5 Å². The van der Waals surface area contributed by atoms with Gasteiger partial charge in [-0.05, 0) is 25.1 Å². The number of carbonyl (C=O) groups excluding carboxylic acids is 2. The monoisotopic (exact) mass is 420 g/mol. The number of hydrogen-bond donors (Lipinski definition) is 3. The molecule has 0 radical (unpaired) electrons. The highest BCUT2D eigenvalue weighted by atomic mass is 35.5. The Morgan fingerprint density at radius 3 is 2.46 bits per heavy atom. The molecule has 0 saturated heterocycles.